The van der Waals surface area contributed by atoms with Gasteiger partial charge in [-0.1, -0.05) is 6.42 Å². The SMILES string of the molecule is CN(C)C(O)c1cc2cnc(Nc3ccc(C(=O)O)cn3)nc2n1[C@@H]1C[C@H]2CC[C@@H]1C2. The van der Waals surface area contributed by atoms with Crippen LogP contribution in [0.15, 0.2) is 30.6 Å². The Kier molecular flexibility index (Phi) is 4.86. The molecule has 3 heterocycles. The third-order valence-electron chi connectivity index (χ3n) is 6.64. The lowest BCUT2D eigenvalue weighted by Crippen LogP contribution is -2.26. The number of aromatic nitrogens is 4. The molecule has 2 aliphatic carbocycles. The van der Waals surface area contributed by atoms with E-state index in [4.69, 9.17) is 10.1 Å². The van der Waals surface area contributed by atoms with E-state index in [9.17, 15) is 9.90 Å². The Morgan fingerprint density at radius 3 is 2.68 bits per heavy atom. The van der Waals surface area contributed by atoms with Gasteiger partial charge in [-0.3, -0.25) is 4.90 Å². The highest BCUT2D eigenvalue weighted by Gasteiger charge is 2.42. The molecule has 3 aromatic heterocycles. The van der Waals surface area contributed by atoms with Crippen molar-refractivity contribution in [2.45, 2.75) is 38.0 Å². The lowest BCUT2D eigenvalue weighted by Gasteiger charge is -2.29. The number of carboxylic acids is 1. The number of hydrogen-bond acceptors (Lipinski definition) is 7. The standard InChI is InChI=1S/C22H26N6O3/c1-27(2)20(29)17-9-15-11-24-22(25-18-6-5-14(10-23-18)21(30)31)26-19(15)28(17)16-8-12-3-4-13(16)7-12/h5-6,9-13,16,20,29H,3-4,7-8H2,1-2H3,(H,30,31)(H,23,24,25,26)/t12-,13+,16+,20?/m0/s1. The number of aromatic carboxylic acids is 1. The molecule has 1 unspecified atom stereocenters. The van der Waals surface area contributed by atoms with Gasteiger partial charge in [-0.2, -0.15) is 4.98 Å². The second-order valence-electron chi connectivity index (χ2n) is 8.85. The van der Waals surface area contributed by atoms with Crippen LogP contribution in [-0.2, 0) is 0 Å². The van der Waals surface area contributed by atoms with Crippen LogP contribution >= 0.6 is 0 Å². The van der Waals surface area contributed by atoms with Crippen molar-refractivity contribution in [3.63, 3.8) is 0 Å². The Hall–Kier alpha value is -3.04. The second kappa shape index (κ2) is 7.58. The van der Waals surface area contributed by atoms with E-state index >= 15 is 0 Å². The number of aliphatic hydroxyl groups is 1. The number of aliphatic hydroxyl groups excluding tert-OH is 1. The van der Waals surface area contributed by atoms with Crippen LogP contribution < -0.4 is 5.32 Å². The number of nitrogens with one attached hydrogen (secondary N) is 1. The van der Waals surface area contributed by atoms with Crippen molar-refractivity contribution in [3.8, 4) is 0 Å². The number of fused-ring (bicyclic) bond motifs is 3. The summed E-state index contributed by atoms with van der Waals surface area (Å²) in [6.45, 7) is 0. The summed E-state index contributed by atoms with van der Waals surface area (Å²) in [5.41, 5.74) is 1.76. The quantitative estimate of drug-likeness (QED) is 0.519. The van der Waals surface area contributed by atoms with Gasteiger partial charge in [0, 0.05) is 23.8 Å². The molecular weight excluding hydrogens is 396 g/mol. The first-order valence-corrected chi connectivity index (χ1v) is 10.6. The van der Waals surface area contributed by atoms with E-state index in [1.165, 1.54) is 31.5 Å². The fourth-order valence-electron chi connectivity index (χ4n) is 5.14. The zero-order valence-corrected chi connectivity index (χ0v) is 17.6. The minimum Gasteiger partial charge on any atom is -0.478 e. The molecule has 2 saturated carbocycles. The summed E-state index contributed by atoms with van der Waals surface area (Å²) in [7, 11) is 3.72. The van der Waals surface area contributed by atoms with Gasteiger partial charge in [0.15, 0.2) is 0 Å². The monoisotopic (exact) mass is 422 g/mol. The van der Waals surface area contributed by atoms with E-state index in [0.717, 1.165) is 29.1 Å². The number of anilines is 2. The van der Waals surface area contributed by atoms with Crippen LogP contribution in [-0.4, -0.2) is 54.7 Å². The molecule has 4 atom stereocenters. The molecule has 2 aliphatic rings. The minimum absolute atomic E-state index is 0.120. The summed E-state index contributed by atoms with van der Waals surface area (Å²) in [6.07, 6.45) is 7.21. The minimum atomic E-state index is -1.02. The first kappa shape index (κ1) is 19.9. The van der Waals surface area contributed by atoms with Crippen LogP contribution in [0.4, 0.5) is 11.8 Å². The molecule has 31 heavy (non-hydrogen) atoms. The number of rotatable bonds is 6. The van der Waals surface area contributed by atoms with Crippen LogP contribution in [0.25, 0.3) is 11.0 Å². The Balaban J connectivity index is 1.54. The number of hydrogen-bond donors (Lipinski definition) is 3. The maximum atomic E-state index is 11.0. The fourth-order valence-corrected chi connectivity index (χ4v) is 5.14. The zero-order chi connectivity index (χ0) is 21.7. The third-order valence-corrected chi connectivity index (χ3v) is 6.64. The average molecular weight is 422 g/mol. The molecule has 0 aromatic carbocycles. The summed E-state index contributed by atoms with van der Waals surface area (Å²) < 4.78 is 2.22. The molecule has 2 bridgehead atoms. The van der Waals surface area contributed by atoms with Gasteiger partial charge < -0.3 is 20.1 Å². The molecule has 3 N–H and O–H groups in total. The molecule has 0 spiro atoms. The van der Waals surface area contributed by atoms with Gasteiger partial charge >= 0.3 is 5.97 Å². The summed E-state index contributed by atoms with van der Waals surface area (Å²) in [4.78, 5) is 26.1. The summed E-state index contributed by atoms with van der Waals surface area (Å²) in [5.74, 6) is 1.21. The zero-order valence-electron chi connectivity index (χ0n) is 17.6. The number of carboxylic acid groups (broad SMARTS) is 1. The van der Waals surface area contributed by atoms with E-state index in [0.29, 0.717) is 23.7 Å². The Morgan fingerprint density at radius 1 is 1.23 bits per heavy atom. The fraction of sp³-hybridized carbons (Fsp3) is 0.455. The van der Waals surface area contributed by atoms with E-state index in [2.05, 4.69) is 19.9 Å². The van der Waals surface area contributed by atoms with Crippen molar-refractivity contribution in [2.75, 3.05) is 19.4 Å². The van der Waals surface area contributed by atoms with Gasteiger partial charge in [-0.05, 0) is 63.4 Å². The third kappa shape index (κ3) is 3.53. The highest BCUT2D eigenvalue weighted by Crippen LogP contribution is 2.52. The summed E-state index contributed by atoms with van der Waals surface area (Å²) >= 11 is 0. The maximum absolute atomic E-state index is 11.0. The van der Waals surface area contributed by atoms with Crippen molar-refractivity contribution in [3.05, 3.63) is 41.9 Å². The molecule has 5 rings (SSSR count). The Bertz CT molecular complexity index is 1130. The Morgan fingerprint density at radius 2 is 2.06 bits per heavy atom. The predicted octanol–water partition coefficient (Wildman–Crippen LogP) is 3.18. The van der Waals surface area contributed by atoms with Crippen molar-refractivity contribution in [2.24, 2.45) is 11.8 Å². The molecule has 162 valence electrons. The highest BCUT2D eigenvalue weighted by molar-refractivity contribution is 5.87. The largest absolute Gasteiger partial charge is 0.478 e. The first-order chi connectivity index (χ1) is 14.9. The number of carbonyl (C=O) groups is 1. The molecule has 0 aliphatic heterocycles. The molecule has 0 saturated heterocycles. The molecule has 0 amide bonds. The molecule has 3 aromatic rings. The first-order valence-electron chi connectivity index (χ1n) is 10.6. The maximum Gasteiger partial charge on any atom is 0.337 e. The average Bonchev–Trinajstić information content (AvgIpc) is 3.47. The van der Waals surface area contributed by atoms with Crippen LogP contribution in [0, 0.1) is 11.8 Å². The van der Waals surface area contributed by atoms with Crippen LogP contribution in [0.1, 0.15) is 54.0 Å². The molecule has 2 fully saturated rings. The van der Waals surface area contributed by atoms with Gasteiger partial charge in [-0.25, -0.2) is 14.8 Å². The smallest absolute Gasteiger partial charge is 0.337 e. The summed E-state index contributed by atoms with van der Waals surface area (Å²) in [6, 6.07) is 5.39. The molecule has 9 nitrogen and oxygen atoms in total. The number of nitrogens with zero attached hydrogens (tertiary/aromatic N) is 5. The van der Waals surface area contributed by atoms with E-state index in [1.54, 1.807) is 17.2 Å². The molecule has 9 heteroatoms. The van der Waals surface area contributed by atoms with Gasteiger partial charge in [0.1, 0.15) is 17.7 Å². The number of pyridine rings is 1. The van der Waals surface area contributed by atoms with Crippen LogP contribution in [0.2, 0.25) is 0 Å². The van der Waals surface area contributed by atoms with Gasteiger partial charge in [0.2, 0.25) is 5.95 Å². The van der Waals surface area contributed by atoms with Crippen molar-refractivity contribution >= 4 is 28.8 Å². The second-order valence-corrected chi connectivity index (χ2v) is 8.85. The Labute approximate surface area is 179 Å². The van der Waals surface area contributed by atoms with E-state index in [-0.39, 0.29) is 5.56 Å². The van der Waals surface area contributed by atoms with Crippen LogP contribution in [0.3, 0.4) is 0 Å². The molecule has 0 radical (unpaired) electrons. The van der Waals surface area contributed by atoms with Crippen LogP contribution in [0.5, 0.6) is 0 Å². The molecular formula is C22H26N6O3. The van der Waals surface area contributed by atoms with Crippen molar-refractivity contribution in [1.29, 1.82) is 0 Å². The van der Waals surface area contributed by atoms with E-state index in [1.807, 2.05) is 20.2 Å². The van der Waals surface area contributed by atoms with E-state index < -0.39 is 12.2 Å². The lowest BCUT2D eigenvalue weighted by atomic mass is 9.95. The topological polar surface area (TPSA) is 116 Å². The van der Waals surface area contributed by atoms with Gasteiger partial charge in [0.25, 0.3) is 0 Å². The van der Waals surface area contributed by atoms with Crippen molar-refractivity contribution < 1.29 is 15.0 Å². The lowest BCUT2D eigenvalue weighted by molar-refractivity contribution is 0.0308. The van der Waals surface area contributed by atoms with Gasteiger partial charge in [-0.15, -0.1) is 0 Å². The van der Waals surface area contributed by atoms with Crippen molar-refractivity contribution in [1.82, 2.24) is 24.4 Å². The highest BCUT2D eigenvalue weighted by atomic mass is 16.4. The normalized spacial score (nSPS) is 23.5. The van der Waals surface area contributed by atoms with Gasteiger partial charge in [0.05, 0.1) is 11.3 Å². The summed E-state index contributed by atoms with van der Waals surface area (Å²) in [5, 5.41) is 23.9. The predicted molar refractivity (Wildman–Crippen MR) is 115 cm³/mol.